The normalized spacial score (nSPS) is 14.6. The number of piperidine rings is 1. The molecule has 0 spiro atoms. The highest BCUT2D eigenvalue weighted by Crippen LogP contribution is 2.42. The van der Waals surface area contributed by atoms with E-state index in [2.05, 4.69) is 15.6 Å². The quantitative estimate of drug-likeness (QED) is 0.115. The molecule has 3 heterocycles. The molecule has 2 aromatic carbocycles. The Morgan fingerprint density at radius 2 is 1.73 bits per heavy atom. The lowest BCUT2D eigenvalue weighted by molar-refractivity contribution is -0.138. The van der Waals surface area contributed by atoms with Crippen molar-refractivity contribution in [2.75, 3.05) is 33.9 Å². The third-order valence-electron chi connectivity index (χ3n) is 9.21. The summed E-state index contributed by atoms with van der Waals surface area (Å²) in [5.41, 5.74) is 5.72. The van der Waals surface area contributed by atoms with Crippen LogP contribution in [0.1, 0.15) is 50.3 Å². The van der Waals surface area contributed by atoms with E-state index in [-0.39, 0.29) is 25.0 Å². The number of hydrogen-bond acceptors (Lipinski definition) is 9. The molecule has 1 amide bonds. The summed E-state index contributed by atoms with van der Waals surface area (Å²) in [5, 5.41) is 26.4. The van der Waals surface area contributed by atoms with Gasteiger partial charge >= 0.3 is 5.97 Å². The van der Waals surface area contributed by atoms with Gasteiger partial charge in [-0.05, 0) is 38.0 Å². The molecule has 4 N–H and O–H groups in total. The molecule has 0 radical (unpaired) electrons. The summed E-state index contributed by atoms with van der Waals surface area (Å²) in [6.45, 7) is 5.25. The number of hydrogen-bond donors (Lipinski definition) is 4. The van der Waals surface area contributed by atoms with E-state index >= 15 is 0 Å². The van der Waals surface area contributed by atoms with E-state index in [4.69, 9.17) is 42.8 Å². The summed E-state index contributed by atoms with van der Waals surface area (Å²) in [6, 6.07) is 16.4. The zero-order chi connectivity index (χ0) is 36.7. The van der Waals surface area contributed by atoms with E-state index in [0.29, 0.717) is 62.3 Å². The van der Waals surface area contributed by atoms with Gasteiger partial charge in [0, 0.05) is 84.3 Å². The monoisotopic (exact) mass is 735 g/mol. The Hall–Kier alpha value is -4.26. The van der Waals surface area contributed by atoms with Crippen LogP contribution in [0.3, 0.4) is 0 Å². The number of carboxylic acids is 1. The van der Waals surface area contributed by atoms with Gasteiger partial charge in [-0.3, -0.25) is 14.6 Å². The van der Waals surface area contributed by atoms with Gasteiger partial charge in [0.1, 0.15) is 5.75 Å². The molecule has 1 fully saturated rings. The van der Waals surface area contributed by atoms with E-state index in [1.165, 1.54) is 0 Å². The highest BCUT2D eigenvalue weighted by Gasteiger charge is 2.23. The first-order valence-electron chi connectivity index (χ1n) is 16.8. The maximum Gasteiger partial charge on any atom is 0.305 e. The number of aliphatic hydroxyl groups excluding tert-OH is 1. The van der Waals surface area contributed by atoms with Crippen LogP contribution in [0.2, 0.25) is 10.0 Å². The number of carbonyl (C=O) groups is 2. The lowest BCUT2D eigenvalue weighted by atomic mass is 9.98. The molecule has 2 aromatic heterocycles. The molecule has 5 rings (SSSR count). The van der Waals surface area contributed by atoms with Crippen LogP contribution < -0.4 is 20.1 Å². The molecule has 0 aliphatic carbocycles. The third kappa shape index (κ3) is 8.98. The first-order chi connectivity index (χ1) is 24.5. The summed E-state index contributed by atoms with van der Waals surface area (Å²) < 4.78 is 11.4. The number of ether oxygens (including phenoxy) is 2. The number of benzene rings is 2. The molecule has 4 aromatic rings. The average Bonchev–Trinajstić information content (AvgIpc) is 3.13. The van der Waals surface area contributed by atoms with Crippen molar-refractivity contribution in [2.24, 2.45) is 0 Å². The average molecular weight is 737 g/mol. The number of aliphatic carboxylic acids is 1. The molecule has 1 saturated heterocycles. The van der Waals surface area contributed by atoms with Crippen LogP contribution in [0.5, 0.6) is 11.6 Å². The first kappa shape index (κ1) is 38.0. The fourth-order valence-electron chi connectivity index (χ4n) is 6.42. The van der Waals surface area contributed by atoms with Crippen molar-refractivity contribution in [3.63, 3.8) is 0 Å². The second kappa shape index (κ2) is 17.3. The number of pyridine rings is 2. The van der Waals surface area contributed by atoms with Crippen molar-refractivity contribution in [1.29, 1.82) is 0 Å². The van der Waals surface area contributed by atoms with Gasteiger partial charge in [-0.15, -0.1) is 0 Å². The Morgan fingerprint density at radius 3 is 2.39 bits per heavy atom. The molecule has 13 heteroatoms. The minimum absolute atomic E-state index is 0.116. The van der Waals surface area contributed by atoms with Crippen molar-refractivity contribution >= 4 is 35.1 Å². The van der Waals surface area contributed by atoms with E-state index in [1.54, 1.807) is 27.3 Å². The fraction of sp³-hybridized carbons (Fsp3) is 0.368. The number of rotatable bonds is 14. The number of carboxylic acid groups (broad SMARTS) is 1. The molecule has 2 atom stereocenters. The molecule has 0 bridgehead atoms. The maximum atomic E-state index is 11.7. The molecule has 11 nitrogen and oxygen atoms in total. The van der Waals surface area contributed by atoms with Crippen LogP contribution in [0, 0.1) is 0 Å². The topological polar surface area (TPSA) is 146 Å². The first-order valence-corrected chi connectivity index (χ1v) is 17.5. The van der Waals surface area contributed by atoms with E-state index in [9.17, 15) is 14.7 Å². The van der Waals surface area contributed by atoms with Gasteiger partial charge in [-0.25, -0.2) is 4.98 Å². The summed E-state index contributed by atoms with van der Waals surface area (Å²) in [4.78, 5) is 34.1. The molecular weight excluding hydrogens is 693 g/mol. The summed E-state index contributed by atoms with van der Waals surface area (Å²) >= 11 is 14.1. The molecule has 1 aliphatic heterocycles. The maximum absolute atomic E-state index is 11.7. The number of methoxy groups -OCH3 is 2. The minimum Gasteiger partial charge on any atom is -0.496 e. The fourth-order valence-corrected chi connectivity index (χ4v) is 7.07. The lowest BCUT2D eigenvalue weighted by Gasteiger charge is -2.31. The molecule has 270 valence electrons. The van der Waals surface area contributed by atoms with Crippen molar-refractivity contribution in [1.82, 2.24) is 25.5 Å². The number of aliphatic hydroxyl groups is 1. The van der Waals surface area contributed by atoms with Crippen LogP contribution in [0.25, 0.3) is 33.6 Å². The SMILES string of the molecule is COc1cc(-c2nccc(-c3cccc(-c4ccc(CNC5CCN(C(C)=O)CC5)c(OC)n4)c3Cl)c2Cl)ccc1C(C)N[C@@H](CO)CC(=O)O. The second-order valence-corrected chi connectivity index (χ2v) is 13.3. The van der Waals surface area contributed by atoms with Gasteiger partial charge in [-0.1, -0.05) is 59.6 Å². The van der Waals surface area contributed by atoms with Crippen LogP contribution in [0.15, 0.2) is 60.8 Å². The Kier molecular flexibility index (Phi) is 12.9. The van der Waals surface area contributed by atoms with Gasteiger partial charge < -0.3 is 35.2 Å². The second-order valence-electron chi connectivity index (χ2n) is 12.5. The van der Waals surface area contributed by atoms with Gasteiger partial charge in [0.2, 0.25) is 11.8 Å². The number of aromatic nitrogens is 2. The smallest absolute Gasteiger partial charge is 0.305 e. The van der Waals surface area contributed by atoms with Crippen LogP contribution >= 0.6 is 23.2 Å². The summed E-state index contributed by atoms with van der Waals surface area (Å²) in [7, 11) is 3.15. The van der Waals surface area contributed by atoms with Gasteiger partial charge in [-0.2, -0.15) is 0 Å². The zero-order valence-corrected chi connectivity index (χ0v) is 30.6. The molecule has 1 unspecified atom stereocenters. The van der Waals surface area contributed by atoms with Gasteiger partial charge in [0.05, 0.1) is 48.7 Å². The lowest BCUT2D eigenvalue weighted by Crippen LogP contribution is -2.44. The zero-order valence-electron chi connectivity index (χ0n) is 29.1. The minimum atomic E-state index is -1.00. The molecule has 51 heavy (non-hydrogen) atoms. The van der Waals surface area contributed by atoms with E-state index < -0.39 is 12.0 Å². The Bertz CT molecular complexity index is 1870. The number of halogens is 2. The molecular formula is C38H43Cl2N5O6. The van der Waals surface area contributed by atoms with Crippen LogP contribution in [-0.2, 0) is 16.1 Å². The van der Waals surface area contributed by atoms with E-state index in [1.807, 2.05) is 66.4 Å². The van der Waals surface area contributed by atoms with Crippen molar-refractivity contribution < 1.29 is 29.3 Å². The van der Waals surface area contributed by atoms with Crippen molar-refractivity contribution in [2.45, 2.75) is 57.8 Å². The van der Waals surface area contributed by atoms with Crippen molar-refractivity contribution in [3.05, 3.63) is 82.0 Å². The Balaban J connectivity index is 1.38. The number of nitrogens with one attached hydrogen (secondary N) is 2. The van der Waals surface area contributed by atoms with Gasteiger partial charge in [0.15, 0.2) is 0 Å². The summed E-state index contributed by atoms with van der Waals surface area (Å²) in [6.07, 6.45) is 3.25. The largest absolute Gasteiger partial charge is 0.496 e. The number of likely N-dealkylation sites (tertiary alicyclic amines) is 1. The van der Waals surface area contributed by atoms with Crippen LogP contribution in [-0.4, -0.2) is 83.0 Å². The Morgan fingerprint density at radius 1 is 1.00 bits per heavy atom. The third-order valence-corrected chi connectivity index (χ3v) is 10.00. The van der Waals surface area contributed by atoms with Gasteiger partial charge in [0.25, 0.3) is 0 Å². The van der Waals surface area contributed by atoms with Crippen molar-refractivity contribution in [3.8, 4) is 45.3 Å². The van der Waals surface area contributed by atoms with Crippen LogP contribution in [0.4, 0.5) is 0 Å². The highest BCUT2D eigenvalue weighted by atomic mass is 35.5. The van der Waals surface area contributed by atoms with E-state index in [0.717, 1.165) is 42.6 Å². The standard InChI is InChI=1S/C38H43Cl2N5O6/c1-22(43-27(21-46)19-34(48)49)28-10-8-24(18-33(28)50-3)37-36(40)30(12-15-41-37)29-6-5-7-31(35(29)39)32-11-9-25(38(44-32)51-4)20-42-26-13-16-45(17-14-26)23(2)47/h5-12,15,18,22,26-27,42-43,46H,13-14,16-17,19-21H2,1-4H3,(H,48,49)/t22?,27-/m1/s1. The number of amides is 1. The predicted molar refractivity (Wildman–Crippen MR) is 198 cm³/mol. The summed E-state index contributed by atoms with van der Waals surface area (Å²) in [5.74, 6) is 0.173. The number of nitrogens with zero attached hydrogens (tertiary/aromatic N) is 3. The highest BCUT2D eigenvalue weighted by molar-refractivity contribution is 6.39. The Labute approximate surface area is 307 Å². The molecule has 1 aliphatic rings. The number of carbonyl (C=O) groups excluding carboxylic acids is 1. The molecule has 0 saturated carbocycles. The predicted octanol–water partition coefficient (Wildman–Crippen LogP) is 6.39.